The van der Waals surface area contributed by atoms with Crippen LogP contribution in [0.15, 0.2) is 0 Å². The van der Waals surface area contributed by atoms with E-state index in [4.69, 9.17) is 0 Å². The third-order valence-corrected chi connectivity index (χ3v) is 3.16. The fourth-order valence-corrected chi connectivity index (χ4v) is 2.44. The Morgan fingerprint density at radius 1 is 1.33 bits per heavy atom. The van der Waals surface area contributed by atoms with Gasteiger partial charge >= 0.3 is 0 Å². The Bertz CT molecular complexity index is 131. The molecule has 0 saturated heterocycles. The van der Waals surface area contributed by atoms with Gasteiger partial charge in [0, 0.05) is 12.1 Å². The number of rotatable bonds is 3. The van der Waals surface area contributed by atoms with Gasteiger partial charge in [-0.1, -0.05) is 34.1 Å². The average Bonchev–Trinajstić information content (AvgIpc) is 2.32. The summed E-state index contributed by atoms with van der Waals surface area (Å²) >= 11 is 0. The highest BCUT2D eigenvalue weighted by molar-refractivity contribution is 4.88. The molecule has 12 heavy (non-hydrogen) atoms. The van der Waals surface area contributed by atoms with Crippen molar-refractivity contribution in [2.45, 2.75) is 59.0 Å². The lowest BCUT2D eigenvalue weighted by Gasteiger charge is -2.25. The lowest BCUT2D eigenvalue weighted by molar-refractivity contribution is 0.321. The van der Waals surface area contributed by atoms with Crippen molar-refractivity contribution in [2.75, 3.05) is 0 Å². The molecule has 0 aromatic heterocycles. The molecule has 1 saturated carbocycles. The number of hydrogen-bond acceptors (Lipinski definition) is 1. The van der Waals surface area contributed by atoms with Crippen LogP contribution in [-0.4, -0.2) is 12.1 Å². The van der Waals surface area contributed by atoms with Crippen LogP contribution < -0.4 is 5.32 Å². The molecule has 0 spiro atoms. The van der Waals surface area contributed by atoms with Crippen LogP contribution in [0.4, 0.5) is 0 Å². The number of nitrogens with one attached hydrogen (secondary N) is 1. The van der Waals surface area contributed by atoms with E-state index in [-0.39, 0.29) is 0 Å². The lowest BCUT2D eigenvalue weighted by atomic mass is 9.96. The predicted molar refractivity (Wildman–Crippen MR) is 54.2 cm³/mol. The Labute approximate surface area is 76.9 Å². The quantitative estimate of drug-likeness (QED) is 0.685. The van der Waals surface area contributed by atoms with Gasteiger partial charge in [-0.3, -0.25) is 0 Å². The minimum atomic E-state index is 0.643. The second-order valence-electron chi connectivity index (χ2n) is 4.57. The Balaban J connectivity index is 2.46. The van der Waals surface area contributed by atoms with Gasteiger partial charge in [0.1, 0.15) is 0 Å². The molecule has 0 bridgehead atoms. The molecular formula is C11H23N. The first-order valence-electron chi connectivity index (χ1n) is 5.41. The van der Waals surface area contributed by atoms with Crippen LogP contribution in [0.2, 0.25) is 0 Å². The summed E-state index contributed by atoms with van der Waals surface area (Å²) in [5.41, 5.74) is 0. The van der Waals surface area contributed by atoms with Gasteiger partial charge < -0.3 is 5.32 Å². The van der Waals surface area contributed by atoms with E-state index in [9.17, 15) is 0 Å². The third kappa shape index (κ3) is 2.22. The Morgan fingerprint density at radius 3 is 2.50 bits per heavy atom. The normalized spacial score (nSPS) is 36.2. The summed E-state index contributed by atoms with van der Waals surface area (Å²) in [6, 6.07) is 1.43. The molecule has 0 heterocycles. The highest BCUT2D eigenvalue weighted by atomic mass is 15.0. The Kier molecular flexibility index (Phi) is 3.57. The molecule has 3 unspecified atom stereocenters. The van der Waals surface area contributed by atoms with Crippen LogP contribution in [0.25, 0.3) is 0 Å². The zero-order chi connectivity index (χ0) is 9.14. The van der Waals surface area contributed by atoms with E-state index in [1.165, 1.54) is 19.3 Å². The van der Waals surface area contributed by atoms with Gasteiger partial charge in [-0.25, -0.2) is 0 Å². The first kappa shape index (κ1) is 10.0. The van der Waals surface area contributed by atoms with Gasteiger partial charge in [0.15, 0.2) is 0 Å². The zero-order valence-electron chi connectivity index (χ0n) is 8.93. The van der Waals surface area contributed by atoms with Crippen LogP contribution in [-0.2, 0) is 0 Å². The lowest BCUT2D eigenvalue weighted by Crippen LogP contribution is -2.40. The summed E-state index contributed by atoms with van der Waals surface area (Å²) in [6.45, 7) is 9.20. The SMILES string of the molecule is CCC1CCC(C)C1NC(C)C. The molecule has 0 aromatic carbocycles. The molecular weight excluding hydrogens is 146 g/mol. The van der Waals surface area contributed by atoms with Crippen LogP contribution >= 0.6 is 0 Å². The first-order chi connectivity index (χ1) is 5.65. The summed E-state index contributed by atoms with van der Waals surface area (Å²) in [5, 5.41) is 3.69. The van der Waals surface area contributed by atoms with Crippen molar-refractivity contribution >= 4 is 0 Å². The molecule has 1 fully saturated rings. The van der Waals surface area contributed by atoms with Gasteiger partial charge in [0.2, 0.25) is 0 Å². The predicted octanol–water partition coefficient (Wildman–Crippen LogP) is 2.81. The van der Waals surface area contributed by atoms with Crippen molar-refractivity contribution in [2.24, 2.45) is 11.8 Å². The summed E-state index contributed by atoms with van der Waals surface area (Å²) in [6.07, 6.45) is 4.19. The average molecular weight is 169 g/mol. The first-order valence-corrected chi connectivity index (χ1v) is 5.41. The second-order valence-corrected chi connectivity index (χ2v) is 4.57. The standard InChI is InChI=1S/C11H23N/c1-5-10-7-6-9(4)11(10)12-8(2)3/h8-12H,5-7H2,1-4H3. The summed E-state index contributed by atoms with van der Waals surface area (Å²) < 4.78 is 0. The van der Waals surface area contributed by atoms with Crippen molar-refractivity contribution in [3.63, 3.8) is 0 Å². The highest BCUT2D eigenvalue weighted by Crippen LogP contribution is 2.33. The van der Waals surface area contributed by atoms with Crippen molar-refractivity contribution < 1.29 is 0 Å². The molecule has 1 aliphatic rings. The topological polar surface area (TPSA) is 12.0 Å². The van der Waals surface area contributed by atoms with Crippen molar-refractivity contribution in [1.82, 2.24) is 5.32 Å². The molecule has 0 radical (unpaired) electrons. The van der Waals surface area contributed by atoms with E-state index >= 15 is 0 Å². The van der Waals surface area contributed by atoms with Gasteiger partial charge in [0.05, 0.1) is 0 Å². The fraction of sp³-hybridized carbons (Fsp3) is 1.00. The summed E-state index contributed by atoms with van der Waals surface area (Å²) in [5.74, 6) is 1.82. The molecule has 3 atom stereocenters. The van der Waals surface area contributed by atoms with Gasteiger partial charge in [-0.2, -0.15) is 0 Å². The van der Waals surface area contributed by atoms with Gasteiger partial charge in [-0.15, -0.1) is 0 Å². The minimum absolute atomic E-state index is 0.643. The monoisotopic (exact) mass is 169 g/mol. The van der Waals surface area contributed by atoms with E-state index in [0.29, 0.717) is 6.04 Å². The van der Waals surface area contributed by atoms with Crippen molar-refractivity contribution in [1.29, 1.82) is 0 Å². The van der Waals surface area contributed by atoms with E-state index < -0.39 is 0 Å². The highest BCUT2D eigenvalue weighted by Gasteiger charge is 2.31. The molecule has 0 amide bonds. The Morgan fingerprint density at radius 2 is 2.00 bits per heavy atom. The van der Waals surface area contributed by atoms with Crippen LogP contribution in [0.5, 0.6) is 0 Å². The van der Waals surface area contributed by atoms with E-state index in [1.54, 1.807) is 0 Å². The van der Waals surface area contributed by atoms with Crippen molar-refractivity contribution in [3.8, 4) is 0 Å². The molecule has 0 aromatic rings. The molecule has 0 aliphatic heterocycles. The third-order valence-electron chi connectivity index (χ3n) is 3.16. The van der Waals surface area contributed by atoms with Gasteiger partial charge in [-0.05, 0) is 24.7 Å². The number of hydrogen-bond donors (Lipinski definition) is 1. The van der Waals surface area contributed by atoms with Crippen molar-refractivity contribution in [3.05, 3.63) is 0 Å². The van der Waals surface area contributed by atoms with Crippen LogP contribution in [0, 0.1) is 11.8 Å². The molecule has 1 rings (SSSR count). The zero-order valence-corrected chi connectivity index (χ0v) is 8.93. The minimum Gasteiger partial charge on any atom is -0.311 e. The largest absolute Gasteiger partial charge is 0.311 e. The molecule has 1 nitrogen and oxygen atoms in total. The van der Waals surface area contributed by atoms with E-state index in [2.05, 4.69) is 33.0 Å². The van der Waals surface area contributed by atoms with E-state index in [1.807, 2.05) is 0 Å². The molecule has 1 aliphatic carbocycles. The summed E-state index contributed by atoms with van der Waals surface area (Å²) in [4.78, 5) is 0. The smallest absolute Gasteiger partial charge is 0.0123 e. The fourth-order valence-electron chi connectivity index (χ4n) is 2.44. The van der Waals surface area contributed by atoms with Crippen LogP contribution in [0.3, 0.4) is 0 Å². The molecule has 72 valence electrons. The maximum atomic E-state index is 3.69. The Hall–Kier alpha value is -0.0400. The second kappa shape index (κ2) is 4.27. The van der Waals surface area contributed by atoms with E-state index in [0.717, 1.165) is 17.9 Å². The molecule has 1 heteroatoms. The van der Waals surface area contributed by atoms with Gasteiger partial charge in [0.25, 0.3) is 0 Å². The summed E-state index contributed by atoms with van der Waals surface area (Å²) in [7, 11) is 0. The van der Waals surface area contributed by atoms with Crippen LogP contribution in [0.1, 0.15) is 47.0 Å². The maximum Gasteiger partial charge on any atom is 0.0123 e. The molecule has 1 N–H and O–H groups in total. The maximum absolute atomic E-state index is 3.69.